The zero-order valence-corrected chi connectivity index (χ0v) is 22.2. The summed E-state index contributed by atoms with van der Waals surface area (Å²) in [5.74, 6) is 0.817. The van der Waals surface area contributed by atoms with Gasteiger partial charge in [-0.15, -0.1) is 0 Å². The Labute approximate surface area is 228 Å². The second kappa shape index (κ2) is 9.85. The maximum Gasteiger partial charge on any atom is 0.155 e. The SMILES string of the molecule is CNc1nn(C(c2ccccc2)(c2ccccc2)c2ccccc2)c2ccc(-c3cc(C)ccc3Cl)cc12. The normalized spacial score (nSPS) is 11.6. The summed E-state index contributed by atoms with van der Waals surface area (Å²) in [4.78, 5) is 0. The molecule has 0 spiro atoms. The average molecular weight is 514 g/mol. The van der Waals surface area contributed by atoms with Gasteiger partial charge in [0.2, 0.25) is 0 Å². The molecule has 0 aliphatic carbocycles. The Morgan fingerprint density at radius 2 is 1.24 bits per heavy atom. The molecule has 38 heavy (non-hydrogen) atoms. The molecule has 1 N–H and O–H groups in total. The zero-order chi connectivity index (χ0) is 26.1. The van der Waals surface area contributed by atoms with Crippen LogP contribution in [0.1, 0.15) is 22.3 Å². The molecule has 0 saturated carbocycles. The molecule has 0 fully saturated rings. The molecule has 0 radical (unpaired) electrons. The Kier molecular flexibility index (Phi) is 6.22. The summed E-state index contributed by atoms with van der Waals surface area (Å²) in [6.07, 6.45) is 0. The molecule has 1 aromatic heterocycles. The van der Waals surface area contributed by atoms with Gasteiger partial charge in [-0.1, -0.05) is 120 Å². The molecule has 1 heterocycles. The summed E-state index contributed by atoms with van der Waals surface area (Å²) in [5.41, 5.74) is 6.99. The molecular weight excluding hydrogens is 486 g/mol. The Morgan fingerprint density at radius 1 is 0.684 bits per heavy atom. The second-order valence-corrected chi connectivity index (χ2v) is 9.94. The zero-order valence-electron chi connectivity index (χ0n) is 21.4. The van der Waals surface area contributed by atoms with Crippen LogP contribution < -0.4 is 5.32 Å². The van der Waals surface area contributed by atoms with E-state index in [-0.39, 0.29) is 0 Å². The highest BCUT2D eigenvalue weighted by molar-refractivity contribution is 6.33. The first kappa shape index (κ1) is 24.0. The molecular formula is C34H28ClN3. The minimum atomic E-state index is -0.695. The molecule has 0 atom stereocenters. The first-order chi connectivity index (χ1) is 18.6. The van der Waals surface area contributed by atoms with Gasteiger partial charge in [0, 0.05) is 23.0 Å². The number of nitrogens with zero attached hydrogens (tertiary/aromatic N) is 2. The van der Waals surface area contributed by atoms with E-state index in [9.17, 15) is 0 Å². The predicted molar refractivity (Wildman–Crippen MR) is 159 cm³/mol. The van der Waals surface area contributed by atoms with Crippen molar-refractivity contribution < 1.29 is 0 Å². The first-order valence-corrected chi connectivity index (χ1v) is 13.1. The number of nitrogens with one attached hydrogen (secondary N) is 1. The largest absolute Gasteiger partial charge is 0.371 e. The quantitative estimate of drug-likeness (QED) is 0.226. The van der Waals surface area contributed by atoms with Gasteiger partial charge in [0.1, 0.15) is 5.54 Å². The van der Waals surface area contributed by atoms with E-state index in [0.717, 1.165) is 49.6 Å². The lowest BCUT2D eigenvalue weighted by Crippen LogP contribution is -2.38. The second-order valence-electron chi connectivity index (χ2n) is 9.53. The van der Waals surface area contributed by atoms with Gasteiger partial charge in [0.15, 0.2) is 5.82 Å². The van der Waals surface area contributed by atoms with Crippen LogP contribution in [0.4, 0.5) is 5.82 Å². The Morgan fingerprint density at radius 3 is 1.76 bits per heavy atom. The van der Waals surface area contributed by atoms with Crippen molar-refractivity contribution >= 4 is 28.3 Å². The Hall–Kier alpha value is -4.34. The number of aryl methyl sites for hydroxylation is 1. The van der Waals surface area contributed by atoms with Crippen LogP contribution in [-0.2, 0) is 5.54 Å². The van der Waals surface area contributed by atoms with Gasteiger partial charge in [0.25, 0.3) is 0 Å². The Bertz CT molecular complexity index is 1610. The first-order valence-electron chi connectivity index (χ1n) is 12.8. The van der Waals surface area contributed by atoms with E-state index in [1.54, 1.807) is 0 Å². The van der Waals surface area contributed by atoms with Crippen molar-refractivity contribution in [1.29, 1.82) is 0 Å². The highest BCUT2D eigenvalue weighted by atomic mass is 35.5. The number of aromatic nitrogens is 2. The third-order valence-electron chi connectivity index (χ3n) is 7.24. The van der Waals surface area contributed by atoms with Gasteiger partial charge in [-0.05, 0) is 53.4 Å². The van der Waals surface area contributed by atoms with E-state index >= 15 is 0 Å². The number of hydrogen-bond donors (Lipinski definition) is 1. The molecule has 0 bridgehead atoms. The van der Waals surface area contributed by atoms with Gasteiger partial charge < -0.3 is 5.32 Å². The van der Waals surface area contributed by atoms with E-state index < -0.39 is 5.54 Å². The fourth-order valence-corrected chi connectivity index (χ4v) is 5.72. The van der Waals surface area contributed by atoms with Gasteiger partial charge in [-0.2, -0.15) is 5.10 Å². The number of fused-ring (bicyclic) bond motifs is 1. The third kappa shape index (κ3) is 3.87. The average Bonchev–Trinajstić information content (AvgIpc) is 3.35. The molecule has 0 unspecified atom stereocenters. The predicted octanol–water partition coefficient (Wildman–Crippen LogP) is 8.55. The van der Waals surface area contributed by atoms with Gasteiger partial charge >= 0.3 is 0 Å². The van der Waals surface area contributed by atoms with E-state index in [1.807, 2.05) is 19.2 Å². The van der Waals surface area contributed by atoms with E-state index in [4.69, 9.17) is 16.7 Å². The molecule has 6 aromatic rings. The maximum atomic E-state index is 6.64. The monoisotopic (exact) mass is 513 g/mol. The number of hydrogen-bond acceptors (Lipinski definition) is 2. The minimum Gasteiger partial charge on any atom is -0.371 e. The van der Waals surface area contributed by atoms with Crippen molar-refractivity contribution in [3.63, 3.8) is 0 Å². The van der Waals surface area contributed by atoms with Crippen LogP contribution in [0.3, 0.4) is 0 Å². The van der Waals surface area contributed by atoms with E-state index in [1.165, 1.54) is 5.56 Å². The van der Waals surface area contributed by atoms with Crippen LogP contribution in [0, 0.1) is 6.92 Å². The molecule has 186 valence electrons. The number of anilines is 1. The van der Waals surface area contributed by atoms with E-state index in [0.29, 0.717) is 0 Å². The van der Waals surface area contributed by atoms with E-state index in [2.05, 4.69) is 132 Å². The number of rotatable bonds is 6. The summed E-state index contributed by atoms with van der Waals surface area (Å²) in [6.45, 7) is 2.09. The smallest absolute Gasteiger partial charge is 0.155 e. The van der Waals surface area contributed by atoms with Crippen molar-refractivity contribution in [2.24, 2.45) is 0 Å². The lowest BCUT2D eigenvalue weighted by atomic mass is 9.77. The fourth-order valence-electron chi connectivity index (χ4n) is 5.49. The topological polar surface area (TPSA) is 29.9 Å². The highest BCUT2D eigenvalue weighted by Crippen LogP contribution is 2.44. The molecule has 4 heteroatoms. The molecule has 5 aromatic carbocycles. The third-order valence-corrected chi connectivity index (χ3v) is 7.57. The summed E-state index contributed by atoms with van der Waals surface area (Å²) < 4.78 is 2.18. The highest BCUT2D eigenvalue weighted by Gasteiger charge is 2.40. The molecule has 3 nitrogen and oxygen atoms in total. The van der Waals surface area contributed by atoms with Crippen LogP contribution in [0.5, 0.6) is 0 Å². The van der Waals surface area contributed by atoms with Crippen LogP contribution in [0.2, 0.25) is 5.02 Å². The van der Waals surface area contributed by atoms with Crippen molar-refractivity contribution in [3.8, 4) is 11.1 Å². The number of benzene rings is 5. The molecule has 0 aliphatic heterocycles. The van der Waals surface area contributed by atoms with Crippen molar-refractivity contribution in [2.75, 3.05) is 12.4 Å². The lowest BCUT2D eigenvalue weighted by molar-refractivity contribution is 0.477. The van der Waals surface area contributed by atoms with Crippen LogP contribution in [-0.4, -0.2) is 16.8 Å². The summed E-state index contributed by atoms with van der Waals surface area (Å²) in [6, 6.07) is 44.5. The van der Waals surface area contributed by atoms with Crippen LogP contribution in [0.15, 0.2) is 127 Å². The van der Waals surface area contributed by atoms with Crippen LogP contribution in [0.25, 0.3) is 22.0 Å². The molecule has 0 amide bonds. The Balaban J connectivity index is 1.71. The molecule has 0 aliphatic rings. The standard InChI is InChI=1S/C34H28ClN3/c1-24-18-20-31(35)29(22-24)25-19-21-32-30(23-25)33(36-2)37-38(32)34(26-12-6-3-7-13-26,27-14-8-4-9-15-27)28-16-10-5-11-17-28/h3-23H,1-2H3,(H,36,37). The van der Waals surface area contributed by atoms with Crippen molar-refractivity contribution in [1.82, 2.24) is 9.78 Å². The lowest BCUT2D eigenvalue weighted by Gasteiger charge is -2.37. The minimum absolute atomic E-state index is 0.695. The number of halogens is 1. The maximum absolute atomic E-state index is 6.64. The molecule has 6 rings (SSSR count). The summed E-state index contributed by atoms with van der Waals surface area (Å²) >= 11 is 6.64. The van der Waals surface area contributed by atoms with Crippen LogP contribution >= 0.6 is 11.6 Å². The van der Waals surface area contributed by atoms with Crippen molar-refractivity contribution in [2.45, 2.75) is 12.5 Å². The summed E-state index contributed by atoms with van der Waals surface area (Å²) in [5, 5.41) is 10.4. The van der Waals surface area contributed by atoms with Gasteiger partial charge in [-0.25, -0.2) is 4.68 Å². The molecule has 0 saturated heterocycles. The van der Waals surface area contributed by atoms with Gasteiger partial charge in [-0.3, -0.25) is 0 Å². The fraction of sp³-hybridized carbons (Fsp3) is 0.0882. The van der Waals surface area contributed by atoms with Crippen molar-refractivity contribution in [3.05, 3.63) is 155 Å². The van der Waals surface area contributed by atoms with Gasteiger partial charge in [0.05, 0.1) is 5.52 Å². The summed E-state index contributed by atoms with van der Waals surface area (Å²) in [7, 11) is 1.92.